The molecule has 0 saturated heterocycles. The third kappa shape index (κ3) is 5.87. The average molecular weight is 362 g/mol. The van der Waals surface area contributed by atoms with Crippen LogP contribution in [0.4, 0.5) is 0 Å². The molecule has 2 aromatic rings. The SMILES string of the molecule is CCCCCCOC(=O)c1cccc(C(=O)Oc2ccccc2Cl)n1. The maximum atomic E-state index is 12.2. The normalized spacial score (nSPS) is 10.3. The van der Waals surface area contributed by atoms with Crippen LogP contribution < -0.4 is 4.74 Å². The fourth-order valence-electron chi connectivity index (χ4n) is 2.11. The fraction of sp³-hybridized carbons (Fsp3) is 0.316. The molecule has 0 radical (unpaired) electrons. The van der Waals surface area contributed by atoms with E-state index in [2.05, 4.69) is 11.9 Å². The number of aromatic nitrogens is 1. The first kappa shape index (κ1) is 18.9. The molecular weight excluding hydrogens is 342 g/mol. The van der Waals surface area contributed by atoms with Gasteiger partial charge in [-0.2, -0.15) is 0 Å². The smallest absolute Gasteiger partial charge is 0.362 e. The lowest BCUT2D eigenvalue weighted by Crippen LogP contribution is -2.15. The molecule has 0 aliphatic carbocycles. The molecule has 0 amide bonds. The Morgan fingerprint density at radius 3 is 2.40 bits per heavy atom. The number of hydrogen-bond acceptors (Lipinski definition) is 5. The Labute approximate surface area is 151 Å². The van der Waals surface area contributed by atoms with E-state index in [0.29, 0.717) is 11.6 Å². The zero-order valence-electron chi connectivity index (χ0n) is 14.0. The monoisotopic (exact) mass is 361 g/mol. The van der Waals surface area contributed by atoms with Crippen molar-refractivity contribution in [2.24, 2.45) is 0 Å². The summed E-state index contributed by atoms with van der Waals surface area (Å²) in [5.74, 6) is -1.01. The van der Waals surface area contributed by atoms with E-state index in [-0.39, 0.29) is 17.1 Å². The highest BCUT2D eigenvalue weighted by molar-refractivity contribution is 6.32. The van der Waals surface area contributed by atoms with E-state index < -0.39 is 11.9 Å². The zero-order valence-corrected chi connectivity index (χ0v) is 14.8. The Bertz CT molecular complexity index is 733. The van der Waals surface area contributed by atoms with Gasteiger partial charge in [-0.1, -0.05) is 56.0 Å². The summed E-state index contributed by atoms with van der Waals surface area (Å²) < 4.78 is 10.4. The van der Waals surface area contributed by atoms with Gasteiger partial charge in [-0.25, -0.2) is 14.6 Å². The minimum atomic E-state index is -0.689. The average Bonchev–Trinajstić information content (AvgIpc) is 2.63. The summed E-state index contributed by atoms with van der Waals surface area (Å²) in [5, 5.41) is 0.318. The summed E-state index contributed by atoms with van der Waals surface area (Å²) in [5.41, 5.74) is 0.0875. The maximum Gasteiger partial charge on any atom is 0.362 e. The topological polar surface area (TPSA) is 65.5 Å². The standard InChI is InChI=1S/C19H20ClNO4/c1-2-3-4-7-13-24-18(22)15-10-8-11-16(21-15)19(23)25-17-12-6-5-9-14(17)20/h5-6,8-12H,2-4,7,13H2,1H3. The highest BCUT2D eigenvalue weighted by Crippen LogP contribution is 2.23. The van der Waals surface area contributed by atoms with Crippen LogP contribution in [-0.4, -0.2) is 23.5 Å². The Kier molecular flexibility index (Phi) is 7.41. The fourth-order valence-corrected chi connectivity index (χ4v) is 2.28. The third-order valence-electron chi connectivity index (χ3n) is 3.44. The van der Waals surface area contributed by atoms with Crippen LogP contribution in [0, 0.1) is 0 Å². The van der Waals surface area contributed by atoms with Gasteiger partial charge in [0.2, 0.25) is 0 Å². The first-order valence-corrected chi connectivity index (χ1v) is 8.60. The lowest BCUT2D eigenvalue weighted by atomic mass is 10.2. The van der Waals surface area contributed by atoms with E-state index in [1.165, 1.54) is 12.1 Å². The molecule has 0 atom stereocenters. The first-order chi connectivity index (χ1) is 12.1. The first-order valence-electron chi connectivity index (χ1n) is 8.22. The Balaban J connectivity index is 1.97. The van der Waals surface area contributed by atoms with Crippen LogP contribution >= 0.6 is 11.6 Å². The molecule has 5 nitrogen and oxygen atoms in total. The van der Waals surface area contributed by atoms with Crippen molar-refractivity contribution < 1.29 is 19.1 Å². The van der Waals surface area contributed by atoms with Gasteiger partial charge in [-0.3, -0.25) is 0 Å². The van der Waals surface area contributed by atoms with Gasteiger partial charge in [-0.05, 0) is 30.7 Å². The van der Waals surface area contributed by atoms with Crippen LogP contribution in [0.5, 0.6) is 5.75 Å². The summed E-state index contributed by atoms with van der Waals surface area (Å²) in [6.07, 6.45) is 4.06. The van der Waals surface area contributed by atoms with Gasteiger partial charge in [-0.15, -0.1) is 0 Å². The second-order valence-electron chi connectivity index (χ2n) is 5.42. The van der Waals surface area contributed by atoms with Gasteiger partial charge in [0, 0.05) is 0 Å². The minimum absolute atomic E-state index is 0.0142. The Hall–Kier alpha value is -2.40. The Morgan fingerprint density at radius 2 is 1.68 bits per heavy atom. The van der Waals surface area contributed by atoms with Gasteiger partial charge in [0.15, 0.2) is 0 Å². The van der Waals surface area contributed by atoms with Crippen molar-refractivity contribution >= 4 is 23.5 Å². The molecule has 0 spiro atoms. The molecule has 1 aromatic carbocycles. The van der Waals surface area contributed by atoms with E-state index in [1.54, 1.807) is 30.3 Å². The molecule has 0 aliphatic rings. The molecule has 1 aromatic heterocycles. The molecular formula is C19H20ClNO4. The number of ether oxygens (including phenoxy) is 2. The van der Waals surface area contributed by atoms with Crippen molar-refractivity contribution in [1.82, 2.24) is 4.98 Å². The number of hydrogen-bond donors (Lipinski definition) is 0. The van der Waals surface area contributed by atoms with Gasteiger partial charge in [0.05, 0.1) is 11.6 Å². The quantitative estimate of drug-likeness (QED) is 0.387. The number of benzene rings is 1. The number of rotatable bonds is 8. The van der Waals surface area contributed by atoms with Crippen molar-refractivity contribution in [2.45, 2.75) is 32.6 Å². The van der Waals surface area contributed by atoms with Crippen LogP contribution in [0.3, 0.4) is 0 Å². The molecule has 132 valence electrons. The number of pyridine rings is 1. The molecule has 0 unspecified atom stereocenters. The summed E-state index contributed by atoms with van der Waals surface area (Å²) in [6, 6.07) is 11.2. The van der Waals surface area contributed by atoms with E-state index >= 15 is 0 Å². The van der Waals surface area contributed by atoms with Crippen molar-refractivity contribution in [3.8, 4) is 5.75 Å². The van der Waals surface area contributed by atoms with Crippen molar-refractivity contribution in [3.05, 3.63) is 58.9 Å². The summed E-state index contributed by atoms with van der Waals surface area (Å²) in [6.45, 7) is 2.46. The van der Waals surface area contributed by atoms with E-state index in [4.69, 9.17) is 21.1 Å². The predicted octanol–water partition coefficient (Wildman–Crippen LogP) is 4.69. The molecule has 2 rings (SSSR count). The molecule has 0 saturated carbocycles. The second kappa shape index (κ2) is 9.79. The van der Waals surface area contributed by atoms with Crippen LogP contribution in [0.25, 0.3) is 0 Å². The van der Waals surface area contributed by atoms with Crippen molar-refractivity contribution in [3.63, 3.8) is 0 Å². The van der Waals surface area contributed by atoms with Gasteiger partial charge in [0.25, 0.3) is 0 Å². The zero-order chi connectivity index (χ0) is 18.1. The summed E-state index contributed by atoms with van der Waals surface area (Å²) >= 11 is 5.96. The van der Waals surface area contributed by atoms with Crippen LogP contribution in [0.15, 0.2) is 42.5 Å². The number of esters is 2. The number of carbonyl (C=O) groups excluding carboxylic acids is 2. The molecule has 25 heavy (non-hydrogen) atoms. The van der Waals surface area contributed by atoms with Crippen LogP contribution in [-0.2, 0) is 4.74 Å². The highest BCUT2D eigenvalue weighted by atomic mass is 35.5. The number of halogens is 1. The molecule has 0 fully saturated rings. The molecule has 0 aliphatic heterocycles. The van der Waals surface area contributed by atoms with Crippen molar-refractivity contribution in [2.75, 3.05) is 6.61 Å². The lowest BCUT2D eigenvalue weighted by Gasteiger charge is -2.07. The number of carbonyl (C=O) groups is 2. The lowest BCUT2D eigenvalue weighted by molar-refractivity contribution is 0.0490. The van der Waals surface area contributed by atoms with E-state index in [1.807, 2.05) is 0 Å². The molecule has 0 bridgehead atoms. The second-order valence-corrected chi connectivity index (χ2v) is 5.83. The molecule has 1 heterocycles. The van der Waals surface area contributed by atoms with Gasteiger partial charge in [0.1, 0.15) is 17.1 Å². The number of unbranched alkanes of at least 4 members (excludes halogenated alkanes) is 3. The largest absolute Gasteiger partial charge is 0.461 e. The van der Waals surface area contributed by atoms with Gasteiger partial charge < -0.3 is 9.47 Å². The number of nitrogens with zero attached hydrogens (tertiary/aromatic N) is 1. The van der Waals surface area contributed by atoms with Crippen LogP contribution in [0.2, 0.25) is 5.02 Å². The predicted molar refractivity (Wildman–Crippen MR) is 95.1 cm³/mol. The summed E-state index contributed by atoms with van der Waals surface area (Å²) in [4.78, 5) is 28.2. The highest BCUT2D eigenvalue weighted by Gasteiger charge is 2.16. The Morgan fingerprint density at radius 1 is 0.960 bits per heavy atom. The third-order valence-corrected chi connectivity index (χ3v) is 3.75. The van der Waals surface area contributed by atoms with Gasteiger partial charge >= 0.3 is 11.9 Å². The van der Waals surface area contributed by atoms with E-state index in [0.717, 1.165) is 25.7 Å². The van der Waals surface area contributed by atoms with E-state index in [9.17, 15) is 9.59 Å². The molecule has 0 N–H and O–H groups in total. The van der Waals surface area contributed by atoms with Crippen LogP contribution in [0.1, 0.15) is 53.6 Å². The maximum absolute atomic E-state index is 12.2. The minimum Gasteiger partial charge on any atom is -0.461 e. The van der Waals surface area contributed by atoms with Crippen molar-refractivity contribution in [1.29, 1.82) is 0 Å². The summed E-state index contributed by atoms with van der Waals surface area (Å²) in [7, 11) is 0. The molecule has 6 heteroatoms. The number of para-hydroxylation sites is 1.